The van der Waals surface area contributed by atoms with Crippen LogP contribution >= 0.6 is 0 Å². The molecule has 1 aromatic rings. The van der Waals surface area contributed by atoms with Crippen LogP contribution < -0.4 is 5.32 Å². The number of hydrogen-bond donors (Lipinski definition) is 2. The summed E-state index contributed by atoms with van der Waals surface area (Å²) in [6.07, 6.45) is 9.08. The number of nitrogens with one attached hydrogen (secondary N) is 1. The van der Waals surface area contributed by atoms with Gasteiger partial charge in [-0.05, 0) is 44.1 Å². The maximum absolute atomic E-state index is 12.0. The lowest BCUT2D eigenvalue weighted by Gasteiger charge is -2.42. The molecule has 0 atom stereocenters. The summed E-state index contributed by atoms with van der Waals surface area (Å²) in [7, 11) is 0. The van der Waals surface area contributed by atoms with Gasteiger partial charge in [0, 0.05) is 44.0 Å². The Morgan fingerprint density at radius 1 is 1.33 bits per heavy atom. The zero-order valence-electron chi connectivity index (χ0n) is 13.9. The van der Waals surface area contributed by atoms with Crippen molar-refractivity contribution < 1.29 is 14.7 Å². The summed E-state index contributed by atoms with van der Waals surface area (Å²) in [6, 6.07) is 2.37. The molecule has 2 aliphatic carbocycles. The van der Waals surface area contributed by atoms with Crippen molar-refractivity contribution in [3.63, 3.8) is 0 Å². The quantitative estimate of drug-likeness (QED) is 0.669. The van der Waals surface area contributed by atoms with Crippen molar-refractivity contribution in [2.45, 2.75) is 57.2 Å². The van der Waals surface area contributed by atoms with Gasteiger partial charge in [-0.15, -0.1) is 0 Å². The number of aliphatic carboxylic acids is 1. The molecule has 0 bridgehead atoms. The molecule has 2 saturated carbocycles. The van der Waals surface area contributed by atoms with Crippen molar-refractivity contribution >= 4 is 11.9 Å². The minimum absolute atomic E-state index is 0.0811. The number of rotatable bonds is 10. The van der Waals surface area contributed by atoms with Gasteiger partial charge in [0.1, 0.15) is 0 Å². The van der Waals surface area contributed by atoms with Crippen LogP contribution in [0.3, 0.4) is 0 Å². The SMILES string of the molecule is O=C(O)CN(CC1CC1)C1CC(NC(=O)CCCn2cccn2)C1. The molecule has 3 rings (SSSR count). The zero-order chi connectivity index (χ0) is 16.9. The highest BCUT2D eigenvalue weighted by Gasteiger charge is 2.37. The third-order valence-electron chi connectivity index (χ3n) is 4.87. The molecule has 0 saturated heterocycles. The third kappa shape index (κ3) is 5.06. The predicted molar refractivity (Wildman–Crippen MR) is 88.3 cm³/mol. The lowest BCUT2D eigenvalue weighted by atomic mass is 9.85. The van der Waals surface area contributed by atoms with E-state index in [-0.39, 0.29) is 18.5 Å². The van der Waals surface area contributed by atoms with Gasteiger partial charge >= 0.3 is 5.97 Å². The highest BCUT2D eigenvalue weighted by molar-refractivity contribution is 5.76. The van der Waals surface area contributed by atoms with Crippen molar-refractivity contribution in [1.82, 2.24) is 20.0 Å². The van der Waals surface area contributed by atoms with Gasteiger partial charge in [-0.2, -0.15) is 5.10 Å². The van der Waals surface area contributed by atoms with Gasteiger partial charge in [-0.25, -0.2) is 0 Å². The van der Waals surface area contributed by atoms with Crippen molar-refractivity contribution in [2.75, 3.05) is 13.1 Å². The van der Waals surface area contributed by atoms with Crippen LogP contribution in [-0.4, -0.2) is 56.8 Å². The van der Waals surface area contributed by atoms with Crippen LogP contribution in [0.15, 0.2) is 18.5 Å². The molecule has 1 heterocycles. The largest absolute Gasteiger partial charge is 0.480 e. The number of carboxylic acid groups (broad SMARTS) is 1. The summed E-state index contributed by atoms with van der Waals surface area (Å²) in [4.78, 5) is 25.1. The highest BCUT2D eigenvalue weighted by atomic mass is 16.4. The Morgan fingerprint density at radius 3 is 2.75 bits per heavy atom. The summed E-state index contributed by atoms with van der Waals surface area (Å²) in [5.41, 5.74) is 0. The van der Waals surface area contributed by atoms with Crippen molar-refractivity contribution in [3.8, 4) is 0 Å². The maximum atomic E-state index is 12.0. The molecule has 0 unspecified atom stereocenters. The topological polar surface area (TPSA) is 87.5 Å². The first-order valence-corrected chi connectivity index (χ1v) is 8.83. The van der Waals surface area contributed by atoms with Gasteiger partial charge in [-0.1, -0.05) is 0 Å². The van der Waals surface area contributed by atoms with E-state index in [1.54, 1.807) is 6.20 Å². The second kappa shape index (κ2) is 7.79. The molecule has 0 spiro atoms. The molecule has 0 aliphatic heterocycles. The van der Waals surface area contributed by atoms with Crippen LogP contribution in [0.2, 0.25) is 0 Å². The third-order valence-corrected chi connectivity index (χ3v) is 4.87. The molecule has 132 valence electrons. The highest BCUT2D eigenvalue weighted by Crippen LogP contribution is 2.33. The number of aromatic nitrogens is 2. The van der Waals surface area contributed by atoms with Gasteiger partial charge < -0.3 is 10.4 Å². The lowest BCUT2D eigenvalue weighted by molar-refractivity contribution is -0.140. The summed E-state index contributed by atoms with van der Waals surface area (Å²) in [5.74, 6) is -0.000345. The summed E-state index contributed by atoms with van der Waals surface area (Å²) in [5, 5.41) is 16.2. The predicted octanol–water partition coefficient (Wildman–Crippen LogP) is 1.11. The fourth-order valence-electron chi connectivity index (χ4n) is 3.29. The van der Waals surface area contributed by atoms with E-state index in [0.717, 1.165) is 32.4 Å². The number of carboxylic acids is 1. The van der Waals surface area contributed by atoms with Crippen molar-refractivity contribution in [2.24, 2.45) is 5.92 Å². The van der Waals surface area contributed by atoms with E-state index < -0.39 is 5.97 Å². The molecule has 7 heteroatoms. The number of amides is 1. The van der Waals surface area contributed by atoms with Gasteiger partial charge in [0.05, 0.1) is 6.54 Å². The van der Waals surface area contributed by atoms with Crippen LogP contribution in [0.1, 0.15) is 38.5 Å². The monoisotopic (exact) mass is 334 g/mol. The zero-order valence-corrected chi connectivity index (χ0v) is 13.9. The summed E-state index contributed by atoms with van der Waals surface area (Å²) >= 11 is 0. The fourth-order valence-corrected chi connectivity index (χ4v) is 3.29. The standard InChI is InChI=1S/C17H26N4O3/c22-16(3-1-7-21-8-2-6-18-21)19-14-9-15(10-14)20(12-17(23)24)11-13-4-5-13/h2,6,8,13-15H,1,3-5,7,9-12H2,(H,19,22)(H,23,24). The number of nitrogens with zero attached hydrogens (tertiary/aromatic N) is 3. The smallest absolute Gasteiger partial charge is 0.317 e. The molecule has 2 fully saturated rings. The Kier molecular flexibility index (Phi) is 5.50. The second-order valence-electron chi connectivity index (χ2n) is 7.03. The van der Waals surface area contributed by atoms with Gasteiger partial charge in [-0.3, -0.25) is 19.2 Å². The first-order chi connectivity index (χ1) is 11.6. The summed E-state index contributed by atoms with van der Waals surface area (Å²) in [6.45, 7) is 1.76. The van der Waals surface area contributed by atoms with Crippen LogP contribution in [-0.2, 0) is 16.1 Å². The molecular weight excluding hydrogens is 308 g/mol. The molecule has 7 nitrogen and oxygen atoms in total. The van der Waals surface area contributed by atoms with E-state index in [9.17, 15) is 9.59 Å². The number of carbonyl (C=O) groups is 2. The van der Waals surface area contributed by atoms with E-state index in [4.69, 9.17) is 5.11 Å². The van der Waals surface area contributed by atoms with Crippen LogP contribution in [0.4, 0.5) is 0 Å². The van der Waals surface area contributed by atoms with Crippen LogP contribution in [0.5, 0.6) is 0 Å². The van der Waals surface area contributed by atoms with Gasteiger partial charge in [0.25, 0.3) is 0 Å². The van der Waals surface area contributed by atoms with Crippen LogP contribution in [0, 0.1) is 5.92 Å². The van der Waals surface area contributed by atoms with E-state index in [2.05, 4.69) is 15.3 Å². The molecule has 2 N–H and O–H groups in total. The number of aryl methyl sites for hydroxylation is 1. The van der Waals surface area contributed by atoms with Gasteiger partial charge in [0.15, 0.2) is 0 Å². The van der Waals surface area contributed by atoms with E-state index in [0.29, 0.717) is 18.4 Å². The number of carbonyl (C=O) groups excluding carboxylic acids is 1. The Balaban J connectivity index is 1.32. The van der Waals surface area contributed by atoms with Gasteiger partial charge in [0.2, 0.25) is 5.91 Å². The second-order valence-corrected chi connectivity index (χ2v) is 7.03. The molecule has 24 heavy (non-hydrogen) atoms. The van der Waals surface area contributed by atoms with E-state index in [1.165, 1.54) is 12.8 Å². The van der Waals surface area contributed by atoms with E-state index in [1.807, 2.05) is 16.9 Å². The Morgan fingerprint density at radius 2 is 2.12 bits per heavy atom. The fraction of sp³-hybridized carbons (Fsp3) is 0.706. The first kappa shape index (κ1) is 17.0. The molecule has 1 amide bonds. The molecular formula is C17H26N4O3. The molecule has 2 aliphatic rings. The minimum atomic E-state index is -0.762. The first-order valence-electron chi connectivity index (χ1n) is 8.83. The minimum Gasteiger partial charge on any atom is -0.480 e. The summed E-state index contributed by atoms with van der Waals surface area (Å²) < 4.78 is 1.83. The Hall–Kier alpha value is -1.89. The normalized spacial score (nSPS) is 23.0. The molecule has 0 aromatic carbocycles. The van der Waals surface area contributed by atoms with E-state index >= 15 is 0 Å². The van der Waals surface area contributed by atoms with Crippen molar-refractivity contribution in [1.29, 1.82) is 0 Å². The van der Waals surface area contributed by atoms with Crippen LogP contribution in [0.25, 0.3) is 0 Å². The lowest BCUT2D eigenvalue weighted by Crippen LogP contribution is -2.55. The van der Waals surface area contributed by atoms with Crippen molar-refractivity contribution in [3.05, 3.63) is 18.5 Å². The maximum Gasteiger partial charge on any atom is 0.317 e. The Bertz CT molecular complexity index is 550. The average Bonchev–Trinajstić information content (AvgIpc) is 3.14. The average molecular weight is 334 g/mol. The number of hydrogen-bond acceptors (Lipinski definition) is 4. The molecule has 0 radical (unpaired) electrons. The Labute approximate surface area is 142 Å². The molecule has 1 aromatic heterocycles.